The number of hydrogen-bond donors (Lipinski definition) is 0. The molecule has 0 bridgehead atoms. The van der Waals surface area contributed by atoms with Gasteiger partial charge < -0.3 is 0 Å². The fraction of sp³-hybridized carbons (Fsp3) is 0.200. The van der Waals surface area contributed by atoms with Crippen molar-refractivity contribution in [2.24, 2.45) is 0 Å². The lowest BCUT2D eigenvalue weighted by atomic mass is 10.3. The Morgan fingerprint density at radius 2 is 1.85 bits per heavy atom. The Hall–Kier alpha value is -1.91. The molecule has 0 aliphatic heterocycles. The Bertz CT molecular complexity index is 748. The van der Waals surface area contributed by atoms with Crippen molar-refractivity contribution in [3.63, 3.8) is 0 Å². The van der Waals surface area contributed by atoms with Gasteiger partial charge in [-0.3, -0.25) is 0 Å². The third-order valence-electron chi connectivity index (χ3n) is 2.35. The first-order valence-corrected chi connectivity index (χ1v) is 6.60. The molecular weight excluding hydrogens is 290 g/mol. The van der Waals surface area contributed by atoms with Crippen LogP contribution in [0.2, 0.25) is 0 Å². The van der Waals surface area contributed by atoms with Gasteiger partial charge in [0.15, 0.2) is 0 Å². The second-order valence-electron chi connectivity index (χ2n) is 3.92. The van der Waals surface area contributed by atoms with E-state index in [-0.39, 0.29) is 0 Å². The van der Waals surface area contributed by atoms with Gasteiger partial charge in [0.05, 0.1) is 23.8 Å². The SMILES string of the molecule is Cc1cc(C)[n+]2c(n1)nn1cccnc12.[O-][Cl+3]([O-])([O-])[O-]. The predicted octanol–water partition coefficient (Wildman–Crippen LogP) is -4.28. The largest absolute Gasteiger partial charge is 0.389 e. The van der Waals surface area contributed by atoms with E-state index >= 15 is 0 Å². The fourth-order valence-electron chi connectivity index (χ4n) is 1.77. The summed E-state index contributed by atoms with van der Waals surface area (Å²) >= 11 is 0. The molecular formula is C10H10ClN5O4. The molecule has 3 heterocycles. The van der Waals surface area contributed by atoms with Gasteiger partial charge in [-0.25, -0.2) is 18.6 Å². The van der Waals surface area contributed by atoms with Crippen LogP contribution in [-0.2, 0) is 0 Å². The molecule has 0 fully saturated rings. The van der Waals surface area contributed by atoms with Crippen molar-refractivity contribution in [1.82, 2.24) is 19.6 Å². The van der Waals surface area contributed by atoms with Gasteiger partial charge in [-0.1, -0.05) is 0 Å². The summed E-state index contributed by atoms with van der Waals surface area (Å²) in [6.07, 6.45) is 3.62. The van der Waals surface area contributed by atoms with E-state index in [0.29, 0.717) is 5.78 Å². The molecule has 106 valence electrons. The maximum atomic E-state index is 8.49. The topological polar surface area (TPSA) is 139 Å². The number of halogens is 1. The molecule has 9 nitrogen and oxygen atoms in total. The molecule has 0 aliphatic rings. The number of aryl methyl sites for hydroxylation is 2. The van der Waals surface area contributed by atoms with Crippen molar-refractivity contribution < 1.29 is 33.3 Å². The molecule has 0 amide bonds. The quantitative estimate of drug-likeness (QED) is 0.383. The van der Waals surface area contributed by atoms with Crippen LogP contribution in [0.15, 0.2) is 24.5 Å². The molecule has 0 radical (unpaired) electrons. The summed E-state index contributed by atoms with van der Waals surface area (Å²) in [7, 11) is -4.94. The first-order chi connectivity index (χ1) is 9.25. The van der Waals surface area contributed by atoms with Crippen LogP contribution in [0.1, 0.15) is 11.4 Å². The van der Waals surface area contributed by atoms with Crippen molar-refractivity contribution >= 4 is 11.6 Å². The molecule has 0 atom stereocenters. The zero-order valence-electron chi connectivity index (χ0n) is 10.6. The fourth-order valence-corrected chi connectivity index (χ4v) is 1.77. The summed E-state index contributed by atoms with van der Waals surface area (Å²) in [5.74, 6) is 1.48. The minimum Gasteiger partial charge on any atom is -0.222 e. The highest BCUT2D eigenvalue weighted by molar-refractivity contribution is 5.28. The van der Waals surface area contributed by atoms with Crippen LogP contribution in [-0.4, -0.2) is 19.6 Å². The van der Waals surface area contributed by atoms with Crippen molar-refractivity contribution in [3.05, 3.63) is 35.9 Å². The second kappa shape index (κ2) is 5.23. The zero-order valence-corrected chi connectivity index (χ0v) is 11.3. The molecule has 3 aromatic rings. The van der Waals surface area contributed by atoms with E-state index in [9.17, 15) is 0 Å². The Labute approximate surface area is 115 Å². The highest BCUT2D eigenvalue weighted by Crippen LogP contribution is 2.00. The lowest BCUT2D eigenvalue weighted by Crippen LogP contribution is -2.68. The summed E-state index contributed by atoms with van der Waals surface area (Å²) < 4.78 is 37.6. The molecule has 10 heteroatoms. The second-order valence-corrected chi connectivity index (χ2v) is 4.67. The number of fused-ring (bicyclic) bond motifs is 3. The van der Waals surface area contributed by atoms with Crippen molar-refractivity contribution in [1.29, 1.82) is 0 Å². The molecule has 20 heavy (non-hydrogen) atoms. The van der Waals surface area contributed by atoms with E-state index < -0.39 is 10.2 Å². The molecule has 3 rings (SSSR count). The molecule has 0 aliphatic carbocycles. The van der Waals surface area contributed by atoms with E-state index in [0.717, 1.165) is 17.2 Å². The maximum absolute atomic E-state index is 8.49. The lowest BCUT2D eigenvalue weighted by molar-refractivity contribution is -2.00. The average molecular weight is 300 g/mol. The van der Waals surface area contributed by atoms with E-state index in [1.807, 2.05) is 36.6 Å². The molecule has 0 saturated carbocycles. The van der Waals surface area contributed by atoms with Gasteiger partial charge in [0.1, 0.15) is 0 Å². The number of nitrogens with zero attached hydrogens (tertiary/aromatic N) is 5. The predicted molar refractivity (Wildman–Crippen MR) is 53.4 cm³/mol. The lowest BCUT2D eigenvalue weighted by Gasteiger charge is -2.17. The smallest absolute Gasteiger partial charge is 0.222 e. The molecule has 0 N–H and O–H groups in total. The van der Waals surface area contributed by atoms with Crippen LogP contribution in [0.5, 0.6) is 0 Å². The monoisotopic (exact) mass is 299 g/mol. The van der Waals surface area contributed by atoms with Gasteiger partial charge in [-0.2, -0.15) is 4.40 Å². The number of rotatable bonds is 0. The van der Waals surface area contributed by atoms with Crippen molar-refractivity contribution in [2.45, 2.75) is 13.8 Å². The third kappa shape index (κ3) is 3.35. The molecule has 3 aromatic heterocycles. The molecule has 0 saturated heterocycles. The first-order valence-electron chi connectivity index (χ1n) is 5.37. The van der Waals surface area contributed by atoms with Crippen molar-refractivity contribution in [2.75, 3.05) is 0 Å². The first kappa shape index (κ1) is 14.5. The van der Waals surface area contributed by atoms with Crippen molar-refractivity contribution in [3.8, 4) is 0 Å². The van der Waals surface area contributed by atoms with Gasteiger partial charge in [-0.05, 0) is 26.0 Å². The minimum absolute atomic E-state index is 0.686. The third-order valence-corrected chi connectivity index (χ3v) is 2.35. The standard InChI is InChI=1S/C10H10N5.ClHO4/c1-7-6-8(2)15-9(12-7)13-14-5-3-4-11-10(14)15;2-1(3,4)5/h3-6H,1-2H3;(H,2,3,4,5)/q+1;/p-1. The van der Waals surface area contributed by atoms with Gasteiger partial charge in [0.25, 0.3) is 0 Å². The highest BCUT2D eigenvalue weighted by atomic mass is 35.7. The zero-order chi connectivity index (χ0) is 14.9. The van der Waals surface area contributed by atoms with Crippen LogP contribution in [0.3, 0.4) is 0 Å². The van der Waals surface area contributed by atoms with Crippen LogP contribution in [0.25, 0.3) is 11.6 Å². The Balaban J connectivity index is 0.000000257. The number of aromatic nitrogens is 5. The van der Waals surface area contributed by atoms with Crippen LogP contribution in [0.4, 0.5) is 0 Å². The van der Waals surface area contributed by atoms with Crippen LogP contribution in [0, 0.1) is 24.1 Å². The van der Waals surface area contributed by atoms with Gasteiger partial charge in [0, 0.05) is 5.10 Å². The molecule has 0 unspecified atom stereocenters. The molecule has 0 spiro atoms. The summed E-state index contributed by atoms with van der Waals surface area (Å²) in [4.78, 5) is 8.65. The molecule has 0 aromatic carbocycles. The van der Waals surface area contributed by atoms with E-state index in [1.54, 1.807) is 10.7 Å². The summed E-state index contributed by atoms with van der Waals surface area (Å²) in [5, 5.41) is 4.34. The van der Waals surface area contributed by atoms with E-state index in [1.165, 1.54) is 0 Å². The van der Waals surface area contributed by atoms with Gasteiger partial charge in [-0.15, -0.1) is 24.7 Å². The van der Waals surface area contributed by atoms with Gasteiger partial charge in [0.2, 0.25) is 0 Å². The maximum Gasteiger partial charge on any atom is 0.389 e. The van der Waals surface area contributed by atoms with Crippen LogP contribution >= 0.6 is 0 Å². The highest BCUT2D eigenvalue weighted by Gasteiger charge is 2.15. The van der Waals surface area contributed by atoms with Gasteiger partial charge >= 0.3 is 11.6 Å². The summed E-state index contributed by atoms with van der Waals surface area (Å²) in [5.41, 5.74) is 2.06. The summed E-state index contributed by atoms with van der Waals surface area (Å²) in [6.45, 7) is 3.99. The van der Waals surface area contributed by atoms with E-state index in [4.69, 9.17) is 18.6 Å². The van der Waals surface area contributed by atoms with E-state index in [2.05, 4.69) is 15.1 Å². The average Bonchev–Trinajstić information content (AvgIpc) is 2.64. The van der Waals surface area contributed by atoms with Crippen LogP contribution < -0.4 is 23.0 Å². The normalized spacial score (nSPS) is 11.5. The Morgan fingerprint density at radius 1 is 1.20 bits per heavy atom. The minimum atomic E-state index is -4.94. The Morgan fingerprint density at radius 3 is 2.50 bits per heavy atom. The summed E-state index contributed by atoms with van der Waals surface area (Å²) in [6, 6.07) is 3.87. The number of hydrogen-bond acceptors (Lipinski definition) is 7. The Kier molecular flexibility index (Phi) is 3.79.